The summed E-state index contributed by atoms with van der Waals surface area (Å²) in [5.74, 6) is -1.55. The van der Waals surface area contributed by atoms with Crippen molar-refractivity contribution < 1.29 is 22.4 Å². The fourth-order valence-corrected chi connectivity index (χ4v) is 6.39. The molecule has 194 valence electrons. The number of sulfonamides is 1. The molecule has 2 aromatic rings. The molecule has 1 atom stereocenters. The van der Waals surface area contributed by atoms with Crippen molar-refractivity contribution in [1.82, 2.24) is 14.5 Å². The molecule has 0 aliphatic carbocycles. The van der Waals surface area contributed by atoms with Gasteiger partial charge in [0.05, 0.1) is 10.0 Å². The molecule has 1 unspecified atom stereocenters. The Balaban J connectivity index is 1.37. The van der Waals surface area contributed by atoms with E-state index in [1.54, 1.807) is 24.1 Å². The Bertz CT molecular complexity index is 1260. The molecule has 2 saturated heterocycles. The molecule has 4 rings (SSSR count). The van der Waals surface area contributed by atoms with E-state index in [4.69, 9.17) is 11.6 Å². The summed E-state index contributed by atoms with van der Waals surface area (Å²) in [6.07, 6.45) is 3.93. The van der Waals surface area contributed by atoms with Crippen LogP contribution in [-0.4, -0.2) is 75.8 Å². The van der Waals surface area contributed by atoms with E-state index in [2.05, 4.69) is 9.62 Å². The van der Waals surface area contributed by atoms with E-state index in [1.165, 1.54) is 47.3 Å². The van der Waals surface area contributed by atoms with Gasteiger partial charge in [-0.1, -0.05) is 11.6 Å². The van der Waals surface area contributed by atoms with Crippen molar-refractivity contribution in [3.63, 3.8) is 0 Å². The molecule has 2 aliphatic heterocycles. The predicted octanol–water partition coefficient (Wildman–Crippen LogP) is 3.40. The maximum absolute atomic E-state index is 15.0. The Labute approximate surface area is 219 Å². The van der Waals surface area contributed by atoms with E-state index in [1.807, 2.05) is 0 Å². The number of rotatable bonds is 9. The van der Waals surface area contributed by atoms with Crippen LogP contribution in [-0.2, 0) is 14.8 Å². The smallest absolute Gasteiger partial charge is 0.253 e. The quantitative estimate of drug-likeness (QED) is 0.513. The zero-order chi connectivity index (χ0) is 25.9. The summed E-state index contributed by atoms with van der Waals surface area (Å²) in [5, 5.41) is 0.978. The highest BCUT2D eigenvalue weighted by Crippen LogP contribution is 2.27. The van der Waals surface area contributed by atoms with Gasteiger partial charge in [0.2, 0.25) is 15.9 Å². The molecule has 2 aliphatic rings. The van der Waals surface area contributed by atoms with Crippen LogP contribution in [0.3, 0.4) is 0 Å². The summed E-state index contributed by atoms with van der Waals surface area (Å²) in [5.41, 5.74) is 0.213. The van der Waals surface area contributed by atoms with Gasteiger partial charge in [0.25, 0.3) is 5.91 Å². The number of anilines is 1. The third-order valence-electron chi connectivity index (χ3n) is 6.30. The average molecular weight is 555 g/mol. The van der Waals surface area contributed by atoms with Gasteiger partial charge in [-0.2, -0.15) is 4.72 Å². The first-order valence-electron chi connectivity index (χ1n) is 11.7. The molecule has 0 saturated carbocycles. The number of carbonyl (C=O) groups is 2. The second kappa shape index (κ2) is 11.4. The highest BCUT2D eigenvalue weighted by atomic mass is 35.5. The molecule has 1 aromatic heterocycles. The van der Waals surface area contributed by atoms with Gasteiger partial charge < -0.3 is 14.7 Å². The van der Waals surface area contributed by atoms with Crippen LogP contribution >= 0.6 is 22.9 Å². The number of thiophene rings is 1. The van der Waals surface area contributed by atoms with E-state index in [9.17, 15) is 22.4 Å². The molecule has 3 heterocycles. The van der Waals surface area contributed by atoms with E-state index in [-0.39, 0.29) is 30.1 Å². The highest BCUT2D eigenvalue weighted by Gasteiger charge is 2.36. The van der Waals surface area contributed by atoms with Crippen LogP contribution in [0.1, 0.15) is 34.5 Å². The van der Waals surface area contributed by atoms with Crippen LogP contribution in [0.2, 0.25) is 4.34 Å². The predicted molar refractivity (Wildman–Crippen MR) is 140 cm³/mol. The third kappa shape index (κ3) is 6.51. The molecule has 1 aromatic carbocycles. The average Bonchev–Trinajstić information content (AvgIpc) is 3.59. The largest absolute Gasteiger partial charge is 0.340 e. The fourth-order valence-electron chi connectivity index (χ4n) is 4.32. The molecular weight excluding hydrogens is 527 g/mol. The lowest BCUT2D eigenvalue weighted by Crippen LogP contribution is -2.41. The Kier molecular flexibility index (Phi) is 8.46. The van der Waals surface area contributed by atoms with E-state index < -0.39 is 27.8 Å². The number of carbonyl (C=O) groups excluding carboxylic acids is 2. The van der Waals surface area contributed by atoms with Crippen LogP contribution in [0.15, 0.2) is 35.7 Å². The summed E-state index contributed by atoms with van der Waals surface area (Å²) in [4.78, 5) is 31.3. The second-order valence-electron chi connectivity index (χ2n) is 8.88. The Morgan fingerprint density at radius 3 is 2.67 bits per heavy atom. The van der Waals surface area contributed by atoms with Crippen molar-refractivity contribution in [2.45, 2.75) is 25.3 Å². The molecule has 0 radical (unpaired) electrons. The number of nitrogens with one attached hydrogen (secondary N) is 1. The second-order valence-corrected chi connectivity index (χ2v) is 12.2. The fraction of sp³-hybridized carbons (Fsp3) is 0.417. The number of likely N-dealkylation sites (tertiary alicyclic amines) is 1. The Morgan fingerprint density at radius 2 is 2.00 bits per heavy atom. The maximum atomic E-state index is 15.0. The summed E-state index contributed by atoms with van der Waals surface area (Å²) in [6.45, 7) is 3.54. The van der Waals surface area contributed by atoms with Gasteiger partial charge >= 0.3 is 0 Å². The molecule has 0 bridgehead atoms. The number of likely N-dealkylation sites (N-methyl/N-ethyl adjacent to an activating group) is 1. The minimum atomic E-state index is -3.90. The number of amides is 2. The third-order valence-corrected chi connectivity index (χ3v) is 8.60. The highest BCUT2D eigenvalue weighted by molar-refractivity contribution is 7.92. The molecule has 2 fully saturated rings. The van der Waals surface area contributed by atoms with Crippen LogP contribution in [0.25, 0.3) is 6.08 Å². The lowest BCUT2D eigenvalue weighted by Gasteiger charge is -2.22. The van der Waals surface area contributed by atoms with Crippen molar-refractivity contribution >= 4 is 56.5 Å². The number of hydrogen-bond acceptors (Lipinski definition) is 6. The van der Waals surface area contributed by atoms with Crippen molar-refractivity contribution in [3.8, 4) is 0 Å². The molecule has 12 heteroatoms. The van der Waals surface area contributed by atoms with Crippen molar-refractivity contribution in [3.05, 3.63) is 56.3 Å². The summed E-state index contributed by atoms with van der Waals surface area (Å²) in [6, 6.07) is 6.35. The van der Waals surface area contributed by atoms with Gasteiger partial charge in [-0.25, -0.2) is 12.8 Å². The normalized spacial score (nSPS) is 19.0. The van der Waals surface area contributed by atoms with E-state index >= 15 is 0 Å². The molecule has 2 amide bonds. The minimum Gasteiger partial charge on any atom is -0.340 e. The first kappa shape index (κ1) is 26.7. The van der Waals surface area contributed by atoms with Crippen molar-refractivity contribution in [2.75, 3.05) is 44.7 Å². The van der Waals surface area contributed by atoms with Gasteiger partial charge in [0, 0.05) is 42.5 Å². The summed E-state index contributed by atoms with van der Waals surface area (Å²) in [7, 11) is -2.22. The van der Waals surface area contributed by atoms with Gasteiger partial charge in [-0.15, -0.1) is 11.3 Å². The van der Waals surface area contributed by atoms with E-state index in [0.29, 0.717) is 15.8 Å². The first-order valence-corrected chi connectivity index (χ1v) is 14.4. The van der Waals surface area contributed by atoms with Crippen LogP contribution in [0, 0.1) is 5.82 Å². The Morgan fingerprint density at radius 1 is 1.25 bits per heavy atom. The maximum Gasteiger partial charge on any atom is 0.253 e. The number of hydrogen-bond donors (Lipinski definition) is 1. The van der Waals surface area contributed by atoms with Crippen molar-refractivity contribution in [2.24, 2.45) is 0 Å². The van der Waals surface area contributed by atoms with Crippen LogP contribution in [0.4, 0.5) is 10.1 Å². The van der Waals surface area contributed by atoms with Gasteiger partial charge in [0.1, 0.15) is 11.9 Å². The number of halogens is 2. The van der Waals surface area contributed by atoms with Crippen LogP contribution < -0.4 is 9.62 Å². The molecular formula is C24H28ClFN4O4S2. The standard InChI is InChI=1S/C24H28ClFN4O4S2/c1-28(13-14-29-10-2-3-11-29)23(31)17-4-6-21(19(26)16-17)30-12-8-20(24(30)32)27-36(33,34)15-9-18-5-7-22(25)35-18/h4-7,9,15-16,20,27H,2-3,8,10-14H2,1H3. The van der Waals surface area contributed by atoms with Crippen molar-refractivity contribution in [1.29, 1.82) is 0 Å². The SMILES string of the molecule is CN(CCN1CCCC1)C(=O)c1ccc(N2CCC(NS(=O)(=O)C=Cc3ccc(Cl)s3)C2=O)c(F)c1. The van der Waals surface area contributed by atoms with E-state index in [0.717, 1.165) is 31.1 Å². The zero-order valence-corrected chi connectivity index (χ0v) is 22.2. The van der Waals surface area contributed by atoms with Gasteiger partial charge in [-0.05, 0) is 68.8 Å². The van der Waals surface area contributed by atoms with Crippen LogP contribution in [0.5, 0.6) is 0 Å². The minimum absolute atomic E-state index is 0.0155. The molecule has 0 spiro atoms. The summed E-state index contributed by atoms with van der Waals surface area (Å²) < 4.78 is 42.7. The van der Waals surface area contributed by atoms with Gasteiger partial charge in [-0.3, -0.25) is 9.59 Å². The van der Waals surface area contributed by atoms with Gasteiger partial charge in [0.15, 0.2) is 0 Å². The first-order chi connectivity index (χ1) is 17.1. The molecule has 1 N–H and O–H groups in total. The topological polar surface area (TPSA) is 90.0 Å². The number of nitrogens with zero attached hydrogens (tertiary/aromatic N) is 3. The lowest BCUT2D eigenvalue weighted by atomic mass is 10.1. The Hall–Kier alpha value is -2.31. The zero-order valence-electron chi connectivity index (χ0n) is 19.8. The number of benzene rings is 1. The lowest BCUT2D eigenvalue weighted by molar-refractivity contribution is -0.118. The molecule has 8 nitrogen and oxygen atoms in total. The monoisotopic (exact) mass is 554 g/mol. The summed E-state index contributed by atoms with van der Waals surface area (Å²) >= 11 is 7.08. The molecule has 36 heavy (non-hydrogen) atoms.